The molecular formula is C54H46Cl5F3N2O18S. The van der Waals surface area contributed by atoms with Crippen LogP contribution >= 0.6 is 58.0 Å². The molecule has 0 aliphatic heterocycles. The summed E-state index contributed by atoms with van der Waals surface area (Å²) in [6.07, 6.45) is 0. The fraction of sp³-hybridized carbons (Fsp3) is 0.185. The minimum atomic E-state index is -5.88. The van der Waals surface area contributed by atoms with Gasteiger partial charge in [-0.25, -0.2) is 28.8 Å². The first-order valence-electron chi connectivity index (χ1n) is 22.3. The van der Waals surface area contributed by atoms with Gasteiger partial charge in [0.05, 0.1) is 91.0 Å². The number of esters is 3. The lowest BCUT2D eigenvalue weighted by Gasteiger charge is -2.14. The number of phenols is 3. The average molecular weight is 1280 g/mol. The van der Waals surface area contributed by atoms with Gasteiger partial charge in [0.2, 0.25) is 0 Å². The van der Waals surface area contributed by atoms with E-state index < -0.39 is 57.2 Å². The average Bonchev–Trinajstić information content (AvgIpc) is 3.55. The van der Waals surface area contributed by atoms with E-state index >= 15 is 0 Å². The molecular weight excluding hydrogens is 1230 g/mol. The van der Waals surface area contributed by atoms with Crippen LogP contribution in [0.1, 0.15) is 107 Å². The molecule has 0 spiro atoms. The summed E-state index contributed by atoms with van der Waals surface area (Å²) in [5.41, 5.74) is -2.33. The van der Waals surface area contributed by atoms with E-state index in [9.17, 15) is 60.6 Å². The molecule has 29 heteroatoms. The summed E-state index contributed by atoms with van der Waals surface area (Å²) >= 11 is 28.2. The van der Waals surface area contributed by atoms with E-state index in [1.807, 2.05) is 12.1 Å². The Labute approximate surface area is 496 Å². The van der Waals surface area contributed by atoms with Crippen molar-refractivity contribution in [3.05, 3.63) is 182 Å². The number of hydrogen-bond acceptors (Lipinski definition) is 17. The molecule has 0 radical (unpaired) electrons. The number of phenolic OH excluding ortho intramolecular Hbond substituents is 3. The number of carboxylic acids is 3. The highest BCUT2D eigenvalue weighted by atomic mass is 35.5. The van der Waals surface area contributed by atoms with Gasteiger partial charge >= 0.3 is 51.4 Å². The number of rotatable bonds is 8. The van der Waals surface area contributed by atoms with Crippen LogP contribution in [0.15, 0.2) is 78.9 Å². The molecule has 20 nitrogen and oxygen atoms in total. The number of ether oxygens (including phenoxy) is 3. The van der Waals surface area contributed by atoms with Crippen molar-refractivity contribution in [2.75, 3.05) is 21.3 Å². The van der Waals surface area contributed by atoms with Crippen LogP contribution in [-0.4, -0.2) is 102 Å². The number of alkyl halides is 3. The van der Waals surface area contributed by atoms with Crippen LogP contribution in [0.5, 0.6) is 23.0 Å². The zero-order valence-corrected chi connectivity index (χ0v) is 49.0. The fourth-order valence-corrected chi connectivity index (χ4v) is 7.92. The van der Waals surface area contributed by atoms with Crippen molar-refractivity contribution < 1.29 is 99.4 Å². The van der Waals surface area contributed by atoms with E-state index in [1.54, 1.807) is 33.8 Å². The maximum Gasteiger partial charge on any atom is 0.534 e. The summed E-state index contributed by atoms with van der Waals surface area (Å²) in [6.45, 7) is 9.08. The smallest absolute Gasteiger partial charge is 0.508 e. The molecule has 0 saturated heterocycles. The van der Waals surface area contributed by atoms with Gasteiger partial charge in [0.25, 0.3) is 0 Å². The SMILES string of the molecule is COC(=O)c1ccc(Cl)c(C#N)c1C.COC(=O)c1ccc(Cl)c(O)c1C.COC(=O)c1ccc(Cl)c(OS(=O)(=O)C(F)(F)F)c1C.Cc1c(C(=O)O)ccc(Cl)c1C#N.Cc1c(C(=O)O)ccc(Cl)c1O.Cc1c(O)cccc1C(=O)O. The summed E-state index contributed by atoms with van der Waals surface area (Å²) in [7, 11) is -2.24. The Kier molecular flexibility index (Phi) is 28.2. The van der Waals surface area contributed by atoms with Crippen molar-refractivity contribution in [1.82, 2.24) is 0 Å². The molecule has 0 fully saturated rings. The molecule has 0 heterocycles. The van der Waals surface area contributed by atoms with Crippen LogP contribution in [0.3, 0.4) is 0 Å². The maximum atomic E-state index is 12.3. The zero-order chi connectivity index (χ0) is 64.2. The molecule has 0 bridgehead atoms. The molecule has 6 N–H and O–H groups in total. The molecule has 0 unspecified atom stereocenters. The van der Waals surface area contributed by atoms with Gasteiger partial charge in [-0.3, -0.25) is 0 Å². The molecule has 0 atom stereocenters. The van der Waals surface area contributed by atoms with E-state index in [0.717, 1.165) is 13.2 Å². The number of nitriles is 2. The second kappa shape index (κ2) is 32.2. The largest absolute Gasteiger partial charge is 0.534 e. The first-order valence-corrected chi connectivity index (χ1v) is 25.6. The summed E-state index contributed by atoms with van der Waals surface area (Å²) in [5.74, 6) is -5.95. The van der Waals surface area contributed by atoms with Gasteiger partial charge < -0.3 is 49.0 Å². The number of aromatic hydroxyl groups is 3. The van der Waals surface area contributed by atoms with E-state index in [2.05, 4.69) is 18.4 Å². The zero-order valence-electron chi connectivity index (χ0n) is 44.4. The van der Waals surface area contributed by atoms with Gasteiger partial charge in [-0.2, -0.15) is 32.1 Å². The highest BCUT2D eigenvalue weighted by Crippen LogP contribution is 2.36. The van der Waals surface area contributed by atoms with Gasteiger partial charge in [0.1, 0.15) is 29.4 Å². The van der Waals surface area contributed by atoms with Gasteiger partial charge in [-0.05, 0) is 125 Å². The van der Waals surface area contributed by atoms with E-state index in [1.165, 1.54) is 94.8 Å². The third-order valence-electron chi connectivity index (χ3n) is 10.9. The number of hydrogen-bond donors (Lipinski definition) is 6. The van der Waals surface area contributed by atoms with Crippen LogP contribution in [0.25, 0.3) is 0 Å². The van der Waals surface area contributed by atoms with Crippen LogP contribution in [0.4, 0.5) is 13.2 Å². The first-order chi connectivity index (χ1) is 38.4. The highest BCUT2D eigenvalue weighted by molar-refractivity contribution is 7.88. The normalized spacial score (nSPS) is 10.2. The van der Waals surface area contributed by atoms with E-state index in [4.69, 9.17) is 89.0 Å². The lowest BCUT2D eigenvalue weighted by Crippen LogP contribution is -2.28. The Balaban J connectivity index is 0.000000504. The molecule has 0 aliphatic carbocycles. The molecule has 442 valence electrons. The molecule has 0 saturated carbocycles. The minimum Gasteiger partial charge on any atom is -0.508 e. The number of nitrogens with zero attached hydrogens (tertiary/aromatic N) is 2. The molecule has 6 aromatic rings. The van der Waals surface area contributed by atoms with Gasteiger partial charge in [0, 0.05) is 22.3 Å². The Morgan fingerprint density at radius 3 is 1.11 bits per heavy atom. The lowest BCUT2D eigenvalue weighted by atomic mass is 10.0. The maximum absolute atomic E-state index is 12.3. The molecule has 6 rings (SSSR count). The van der Waals surface area contributed by atoms with Crippen molar-refractivity contribution in [3.63, 3.8) is 0 Å². The van der Waals surface area contributed by atoms with Gasteiger partial charge in [-0.1, -0.05) is 64.1 Å². The predicted octanol–water partition coefficient (Wildman–Crippen LogP) is 12.8. The minimum absolute atomic E-state index is 0.0184. The van der Waals surface area contributed by atoms with Crippen LogP contribution in [-0.2, 0) is 24.3 Å². The van der Waals surface area contributed by atoms with E-state index in [0.29, 0.717) is 44.0 Å². The lowest BCUT2D eigenvalue weighted by molar-refractivity contribution is -0.0500. The summed E-state index contributed by atoms with van der Waals surface area (Å²) in [5, 5.41) is 71.8. The number of carbonyl (C=O) groups is 6. The van der Waals surface area contributed by atoms with Crippen molar-refractivity contribution in [3.8, 4) is 35.1 Å². The number of methoxy groups -OCH3 is 3. The molecule has 83 heavy (non-hydrogen) atoms. The first kappa shape index (κ1) is 72.5. The fourth-order valence-electron chi connectivity index (χ4n) is 6.20. The summed E-state index contributed by atoms with van der Waals surface area (Å²) < 4.78 is 76.1. The molecule has 0 amide bonds. The molecule has 6 aromatic carbocycles. The van der Waals surface area contributed by atoms with Crippen molar-refractivity contribution in [2.24, 2.45) is 0 Å². The van der Waals surface area contributed by atoms with Gasteiger partial charge in [0.15, 0.2) is 5.75 Å². The Bertz CT molecular complexity index is 3660. The number of aromatic carboxylic acids is 3. The highest BCUT2D eigenvalue weighted by Gasteiger charge is 2.49. The van der Waals surface area contributed by atoms with E-state index in [-0.39, 0.29) is 76.3 Å². The van der Waals surface area contributed by atoms with Crippen LogP contribution in [0, 0.1) is 64.2 Å². The Morgan fingerprint density at radius 1 is 0.458 bits per heavy atom. The van der Waals surface area contributed by atoms with Gasteiger partial charge in [-0.15, -0.1) is 0 Å². The van der Waals surface area contributed by atoms with Crippen LogP contribution in [0.2, 0.25) is 25.1 Å². The topological polar surface area (TPSA) is 342 Å². The molecule has 0 aliphatic rings. The van der Waals surface area contributed by atoms with Crippen molar-refractivity contribution in [2.45, 2.75) is 47.1 Å². The third-order valence-corrected chi connectivity index (χ3v) is 13.4. The number of carboxylic acid groups (broad SMARTS) is 3. The third kappa shape index (κ3) is 19.6. The van der Waals surface area contributed by atoms with Crippen molar-refractivity contribution in [1.29, 1.82) is 10.5 Å². The number of carbonyl (C=O) groups excluding carboxylic acids is 3. The Morgan fingerprint density at radius 2 is 0.759 bits per heavy atom. The summed E-state index contributed by atoms with van der Waals surface area (Å²) in [6, 6.07) is 22.0. The van der Waals surface area contributed by atoms with Crippen LogP contribution < -0.4 is 4.18 Å². The standard InChI is InChI=1S/C10H8ClF3O5S.C10H8ClNO2.C9H6ClNO2.C9H9ClO3.C8H7ClO3.C8H8O3/c1-5-6(9(15)18-2)3-4-7(11)8(5)19-20(16,17)10(12,13)14;1-6-7(10(13)14-2)3-4-9(11)8(6)5-12;1-5-6(9(12)13)2-3-8(10)7(5)4-11;1-5-6(9(12)13-2)3-4-7(10)8(5)11;1-4-5(8(11)12)2-3-6(9)7(4)10;1-5-6(8(10)11)3-2-4-7(5)9/h3-4H,1-2H3;3-4H,1-2H3;2-3H,1H3,(H,12,13);3-4,11H,1-2H3;2-3,10H,1H3,(H,11,12);2-4,9H,1H3,(H,10,11). The quantitative estimate of drug-likeness (QED) is 0.0357. The monoisotopic (exact) mass is 1270 g/mol. The molecule has 0 aromatic heterocycles. The second-order valence-corrected chi connectivity index (χ2v) is 19.5. The van der Waals surface area contributed by atoms with Crippen molar-refractivity contribution >= 4 is 104 Å². The predicted molar refractivity (Wildman–Crippen MR) is 297 cm³/mol. The number of halogens is 8. The Hall–Kier alpha value is -8.49. The number of benzene rings is 6. The summed E-state index contributed by atoms with van der Waals surface area (Å²) in [4.78, 5) is 65.4. The second-order valence-electron chi connectivity index (χ2n) is 15.9.